The van der Waals surface area contributed by atoms with Gasteiger partial charge in [-0.25, -0.2) is 9.59 Å². The third-order valence-corrected chi connectivity index (χ3v) is 3.20. The number of hydrogen-bond acceptors (Lipinski definition) is 3. The van der Waals surface area contributed by atoms with E-state index in [2.05, 4.69) is 24.5 Å². The largest absolute Gasteiger partial charge is 0.447 e. The van der Waals surface area contributed by atoms with E-state index in [4.69, 9.17) is 4.74 Å². The molecule has 21 heavy (non-hydrogen) atoms. The molecule has 1 fully saturated rings. The Balaban J connectivity index is 1.84. The normalized spacial score (nSPS) is 14.2. The van der Waals surface area contributed by atoms with E-state index in [9.17, 15) is 9.59 Å². The monoisotopic (exact) mass is 291 g/mol. The molecule has 6 nitrogen and oxygen atoms in total. The number of carbonyl (C=O) groups excluding carboxylic acids is 2. The topological polar surface area (TPSA) is 70.7 Å². The molecule has 1 aliphatic heterocycles. The van der Waals surface area contributed by atoms with Gasteiger partial charge in [0.15, 0.2) is 0 Å². The maximum atomic E-state index is 11.7. The Morgan fingerprint density at radius 3 is 2.62 bits per heavy atom. The van der Waals surface area contributed by atoms with Crippen LogP contribution in [0.25, 0.3) is 0 Å². The number of carbonyl (C=O) groups is 2. The van der Waals surface area contributed by atoms with Crippen molar-refractivity contribution in [2.45, 2.75) is 20.3 Å². The van der Waals surface area contributed by atoms with Crippen LogP contribution in [0.4, 0.5) is 21.0 Å². The average Bonchev–Trinajstić information content (AvgIpc) is 2.85. The molecule has 1 heterocycles. The molecular formula is C15H21N3O3. The van der Waals surface area contributed by atoms with Crippen molar-refractivity contribution in [2.24, 2.45) is 5.92 Å². The van der Waals surface area contributed by atoms with Gasteiger partial charge in [0.05, 0.1) is 6.54 Å². The van der Waals surface area contributed by atoms with Crippen molar-refractivity contribution in [2.75, 3.05) is 29.9 Å². The molecule has 1 aliphatic rings. The van der Waals surface area contributed by atoms with Crippen molar-refractivity contribution in [3.63, 3.8) is 0 Å². The number of ether oxygens (including phenoxy) is 1. The van der Waals surface area contributed by atoms with E-state index >= 15 is 0 Å². The molecular weight excluding hydrogens is 270 g/mol. The maximum absolute atomic E-state index is 11.7. The number of urea groups is 1. The zero-order valence-electron chi connectivity index (χ0n) is 12.4. The smallest absolute Gasteiger partial charge is 0.414 e. The van der Waals surface area contributed by atoms with Gasteiger partial charge in [0.1, 0.15) is 6.61 Å². The van der Waals surface area contributed by atoms with E-state index in [1.165, 1.54) is 0 Å². The van der Waals surface area contributed by atoms with Crippen LogP contribution in [0.2, 0.25) is 0 Å². The van der Waals surface area contributed by atoms with Gasteiger partial charge in [0.2, 0.25) is 0 Å². The Morgan fingerprint density at radius 2 is 2.05 bits per heavy atom. The van der Waals surface area contributed by atoms with Gasteiger partial charge in [-0.15, -0.1) is 0 Å². The number of cyclic esters (lactones) is 1. The van der Waals surface area contributed by atoms with Crippen molar-refractivity contribution in [1.82, 2.24) is 5.32 Å². The van der Waals surface area contributed by atoms with Crippen molar-refractivity contribution < 1.29 is 14.3 Å². The van der Waals surface area contributed by atoms with Crippen LogP contribution in [0.5, 0.6) is 0 Å². The van der Waals surface area contributed by atoms with Gasteiger partial charge in [-0.2, -0.15) is 0 Å². The first-order valence-corrected chi connectivity index (χ1v) is 7.15. The molecule has 0 bridgehead atoms. The quantitative estimate of drug-likeness (QED) is 0.876. The fraction of sp³-hybridized carbons (Fsp3) is 0.467. The van der Waals surface area contributed by atoms with E-state index in [0.29, 0.717) is 31.3 Å². The molecule has 2 rings (SSSR count). The summed E-state index contributed by atoms with van der Waals surface area (Å²) in [6.07, 6.45) is 0.616. The molecule has 0 unspecified atom stereocenters. The average molecular weight is 291 g/mol. The summed E-state index contributed by atoms with van der Waals surface area (Å²) in [5, 5.41) is 5.56. The summed E-state index contributed by atoms with van der Waals surface area (Å²) in [6, 6.07) is 6.89. The van der Waals surface area contributed by atoms with E-state index in [0.717, 1.165) is 12.1 Å². The summed E-state index contributed by atoms with van der Waals surface area (Å²) >= 11 is 0. The van der Waals surface area contributed by atoms with E-state index in [-0.39, 0.29) is 12.1 Å². The molecule has 1 aromatic rings. The molecule has 0 radical (unpaired) electrons. The Labute approximate surface area is 124 Å². The van der Waals surface area contributed by atoms with E-state index < -0.39 is 0 Å². The Morgan fingerprint density at radius 1 is 1.33 bits per heavy atom. The lowest BCUT2D eigenvalue weighted by Crippen LogP contribution is -2.30. The van der Waals surface area contributed by atoms with Gasteiger partial charge in [-0.3, -0.25) is 4.90 Å². The molecule has 0 aromatic heterocycles. The van der Waals surface area contributed by atoms with Crippen LogP contribution in [0.3, 0.4) is 0 Å². The molecule has 1 saturated heterocycles. The first-order valence-electron chi connectivity index (χ1n) is 7.15. The Bertz CT molecular complexity index is 499. The second kappa shape index (κ2) is 6.97. The van der Waals surface area contributed by atoms with Crippen molar-refractivity contribution in [1.29, 1.82) is 0 Å². The highest BCUT2D eigenvalue weighted by atomic mass is 16.6. The summed E-state index contributed by atoms with van der Waals surface area (Å²) < 4.78 is 4.89. The lowest BCUT2D eigenvalue weighted by Gasteiger charge is -2.13. The molecule has 6 heteroatoms. The summed E-state index contributed by atoms with van der Waals surface area (Å²) in [7, 11) is 0. The van der Waals surface area contributed by atoms with Gasteiger partial charge in [-0.1, -0.05) is 13.8 Å². The Hall–Kier alpha value is -2.24. The fourth-order valence-corrected chi connectivity index (χ4v) is 2.00. The van der Waals surface area contributed by atoms with E-state index in [1.54, 1.807) is 29.2 Å². The number of rotatable bonds is 5. The lowest BCUT2D eigenvalue weighted by molar-refractivity contribution is 0.181. The zero-order valence-corrected chi connectivity index (χ0v) is 12.4. The summed E-state index contributed by atoms with van der Waals surface area (Å²) in [6.45, 7) is 5.85. The highest BCUT2D eigenvalue weighted by Gasteiger charge is 2.23. The summed E-state index contributed by atoms with van der Waals surface area (Å²) in [4.78, 5) is 24.7. The Kier molecular flexibility index (Phi) is 5.03. The molecule has 0 aliphatic carbocycles. The minimum Gasteiger partial charge on any atom is -0.447 e. The van der Waals surface area contributed by atoms with Gasteiger partial charge >= 0.3 is 12.1 Å². The van der Waals surface area contributed by atoms with Crippen LogP contribution < -0.4 is 15.5 Å². The van der Waals surface area contributed by atoms with Crippen LogP contribution in [0.15, 0.2) is 24.3 Å². The van der Waals surface area contributed by atoms with E-state index in [1.807, 2.05) is 0 Å². The van der Waals surface area contributed by atoms with Crippen LogP contribution in [-0.4, -0.2) is 31.8 Å². The van der Waals surface area contributed by atoms with Gasteiger partial charge < -0.3 is 15.4 Å². The summed E-state index contributed by atoms with van der Waals surface area (Å²) in [5.41, 5.74) is 1.46. The van der Waals surface area contributed by atoms with Crippen LogP contribution in [0, 0.1) is 5.92 Å². The lowest BCUT2D eigenvalue weighted by atomic mass is 10.1. The van der Waals surface area contributed by atoms with Crippen LogP contribution >= 0.6 is 0 Å². The number of benzene rings is 1. The molecule has 0 atom stereocenters. The van der Waals surface area contributed by atoms with Crippen molar-refractivity contribution in [3.8, 4) is 0 Å². The minimum absolute atomic E-state index is 0.219. The van der Waals surface area contributed by atoms with Crippen LogP contribution in [0.1, 0.15) is 20.3 Å². The predicted molar refractivity (Wildman–Crippen MR) is 81.6 cm³/mol. The molecule has 2 N–H and O–H groups in total. The molecule has 1 aromatic carbocycles. The van der Waals surface area contributed by atoms with Crippen molar-refractivity contribution >= 4 is 23.5 Å². The highest BCUT2D eigenvalue weighted by Crippen LogP contribution is 2.20. The number of hydrogen-bond donors (Lipinski definition) is 2. The molecule has 0 saturated carbocycles. The highest BCUT2D eigenvalue weighted by molar-refractivity contribution is 5.91. The second-order valence-electron chi connectivity index (χ2n) is 5.38. The molecule has 0 spiro atoms. The summed E-state index contributed by atoms with van der Waals surface area (Å²) in [5.74, 6) is 0.560. The van der Waals surface area contributed by atoms with Crippen molar-refractivity contribution in [3.05, 3.63) is 24.3 Å². The van der Waals surface area contributed by atoms with Gasteiger partial charge in [-0.05, 0) is 36.6 Å². The SMILES string of the molecule is CC(C)CCNC(=O)Nc1ccc(N2CCOC2=O)cc1. The van der Waals surface area contributed by atoms with Gasteiger partial charge in [0, 0.05) is 17.9 Å². The number of anilines is 2. The third kappa shape index (κ3) is 4.37. The second-order valence-corrected chi connectivity index (χ2v) is 5.38. The predicted octanol–water partition coefficient (Wildman–Crippen LogP) is 2.81. The first-order chi connectivity index (χ1) is 10.1. The number of nitrogens with zero attached hydrogens (tertiary/aromatic N) is 1. The number of nitrogens with one attached hydrogen (secondary N) is 2. The fourth-order valence-electron chi connectivity index (χ4n) is 2.00. The minimum atomic E-state index is -0.331. The molecule has 3 amide bonds. The molecule has 114 valence electrons. The first kappa shape index (κ1) is 15.2. The number of amides is 3. The standard InChI is InChI=1S/C15H21N3O3/c1-11(2)7-8-16-14(19)17-12-3-5-13(6-4-12)18-9-10-21-15(18)20/h3-6,11H,7-10H2,1-2H3,(H2,16,17,19). The zero-order chi connectivity index (χ0) is 15.2. The van der Waals surface area contributed by atoms with Gasteiger partial charge in [0.25, 0.3) is 0 Å². The third-order valence-electron chi connectivity index (χ3n) is 3.20. The maximum Gasteiger partial charge on any atom is 0.414 e. The van der Waals surface area contributed by atoms with Crippen LogP contribution in [-0.2, 0) is 4.74 Å².